The van der Waals surface area contributed by atoms with Gasteiger partial charge in [-0.05, 0) is 37.3 Å². The van der Waals surface area contributed by atoms with Crippen LogP contribution in [0.4, 0.5) is 13.2 Å². The first kappa shape index (κ1) is 18.3. The lowest BCUT2D eigenvalue weighted by molar-refractivity contribution is -0.137. The highest BCUT2D eigenvalue weighted by Crippen LogP contribution is 2.38. The number of aryl methyl sites for hydroxylation is 1. The number of nitrogens with one attached hydrogen (secondary N) is 2. The van der Waals surface area contributed by atoms with Crippen LogP contribution in [0.15, 0.2) is 48.7 Å². The lowest BCUT2D eigenvalue weighted by atomic mass is 10.0. The van der Waals surface area contributed by atoms with Gasteiger partial charge in [-0.3, -0.25) is 15.8 Å². The van der Waals surface area contributed by atoms with Crippen LogP contribution < -0.4 is 10.2 Å². The second-order valence-corrected chi connectivity index (χ2v) is 5.63. The number of ether oxygens (including phenoxy) is 1. The molecule has 138 valence electrons. The highest BCUT2D eigenvalue weighted by atomic mass is 19.4. The van der Waals surface area contributed by atoms with Crippen LogP contribution in [0.2, 0.25) is 0 Å². The maximum atomic E-state index is 13.1. The van der Waals surface area contributed by atoms with E-state index >= 15 is 0 Å². The van der Waals surface area contributed by atoms with E-state index in [0.29, 0.717) is 11.1 Å². The Morgan fingerprint density at radius 3 is 2.52 bits per heavy atom. The van der Waals surface area contributed by atoms with E-state index in [4.69, 9.17) is 15.6 Å². The van der Waals surface area contributed by atoms with E-state index in [1.54, 1.807) is 25.3 Å². The molecule has 0 fully saturated rings. The molecule has 2 heterocycles. The third kappa shape index (κ3) is 4.02. The predicted octanol–water partition coefficient (Wildman–Crippen LogP) is 4.00. The van der Waals surface area contributed by atoms with Crippen LogP contribution in [0.3, 0.4) is 0 Å². The molecule has 0 unspecified atom stereocenters. The molecular weight excluding hydrogens is 359 g/mol. The molecule has 9 heteroatoms. The van der Waals surface area contributed by atoms with Crippen LogP contribution in [0.5, 0.6) is 11.6 Å². The molecule has 0 atom stereocenters. The number of rotatable bonds is 4. The van der Waals surface area contributed by atoms with E-state index in [1.807, 2.05) is 0 Å². The Labute approximate surface area is 151 Å². The largest absolute Gasteiger partial charge is 0.437 e. The van der Waals surface area contributed by atoms with Gasteiger partial charge in [0.25, 0.3) is 0 Å². The van der Waals surface area contributed by atoms with Gasteiger partial charge < -0.3 is 4.74 Å². The number of benzene rings is 1. The van der Waals surface area contributed by atoms with Crippen LogP contribution in [0.25, 0.3) is 11.1 Å². The van der Waals surface area contributed by atoms with Crippen molar-refractivity contribution >= 4 is 6.34 Å². The number of pyridine rings is 1. The molecule has 6 nitrogen and oxygen atoms in total. The monoisotopic (exact) mass is 373 g/mol. The van der Waals surface area contributed by atoms with Crippen molar-refractivity contribution in [3.63, 3.8) is 0 Å². The summed E-state index contributed by atoms with van der Waals surface area (Å²) in [5, 5.41) is 18.7. The van der Waals surface area contributed by atoms with Crippen molar-refractivity contribution in [1.82, 2.24) is 14.8 Å². The number of nitrogens with zero attached hydrogens (tertiary/aromatic N) is 3. The highest BCUT2D eigenvalue weighted by molar-refractivity contribution is 5.71. The molecular formula is C18H14F3N5O. The highest BCUT2D eigenvalue weighted by Gasteiger charge is 2.31. The Balaban J connectivity index is 2.11. The van der Waals surface area contributed by atoms with Crippen molar-refractivity contribution in [2.24, 2.45) is 0 Å². The standard InChI is InChI=1S/C18H14F3N5O/c1-11-2-3-12(9-24-11)14-5-4-13(18(19,20)21)8-15(14)27-17-7-6-16(23)26(10-22)25-17/h2-10,22-23H,1H3. The van der Waals surface area contributed by atoms with Crippen LogP contribution in [0, 0.1) is 17.7 Å². The number of halogens is 3. The zero-order valence-corrected chi connectivity index (χ0v) is 14.1. The van der Waals surface area contributed by atoms with Crippen LogP contribution in [-0.2, 0) is 6.18 Å². The van der Waals surface area contributed by atoms with E-state index in [9.17, 15) is 13.2 Å². The number of alkyl halides is 3. The molecule has 0 saturated heterocycles. The molecule has 2 N–H and O–H groups in total. The molecule has 1 aromatic carbocycles. The average molecular weight is 373 g/mol. The lowest BCUT2D eigenvalue weighted by Gasteiger charge is -2.14. The minimum Gasteiger partial charge on any atom is -0.437 e. The van der Waals surface area contributed by atoms with Gasteiger partial charge in [0.2, 0.25) is 5.88 Å². The molecule has 0 spiro atoms. The van der Waals surface area contributed by atoms with Crippen LogP contribution in [-0.4, -0.2) is 21.1 Å². The smallest absolute Gasteiger partial charge is 0.416 e. The molecule has 3 aromatic rings. The molecule has 27 heavy (non-hydrogen) atoms. The zero-order chi connectivity index (χ0) is 19.6. The summed E-state index contributed by atoms with van der Waals surface area (Å²) in [5.74, 6) is -0.104. The third-order valence-electron chi connectivity index (χ3n) is 3.71. The minimum absolute atomic E-state index is 0.0462. The van der Waals surface area contributed by atoms with Crippen LogP contribution >= 0.6 is 0 Å². The van der Waals surface area contributed by atoms with E-state index in [0.717, 1.165) is 28.8 Å². The first-order valence-corrected chi connectivity index (χ1v) is 7.75. The van der Waals surface area contributed by atoms with Crippen molar-refractivity contribution < 1.29 is 17.9 Å². The van der Waals surface area contributed by atoms with Crippen molar-refractivity contribution in [2.45, 2.75) is 13.1 Å². The fourth-order valence-electron chi connectivity index (χ4n) is 2.33. The summed E-state index contributed by atoms with van der Waals surface area (Å²) < 4.78 is 45.9. The van der Waals surface area contributed by atoms with Gasteiger partial charge in [-0.15, -0.1) is 5.10 Å². The van der Waals surface area contributed by atoms with Gasteiger partial charge in [-0.2, -0.15) is 13.2 Å². The van der Waals surface area contributed by atoms with Gasteiger partial charge >= 0.3 is 6.18 Å². The fraction of sp³-hybridized carbons (Fsp3) is 0.111. The second-order valence-electron chi connectivity index (χ2n) is 5.63. The quantitative estimate of drug-likeness (QED) is 0.535. The number of hydrogen-bond donors (Lipinski definition) is 2. The Hall–Kier alpha value is -3.49. The molecule has 0 saturated carbocycles. The molecule has 0 bridgehead atoms. The van der Waals surface area contributed by atoms with E-state index in [-0.39, 0.29) is 17.1 Å². The number of hydrogen-bond acceptors (Lipinski definition) is 5. The summed E-state index contributed by atoms with van der Waals surface area (Å²) in [4.78, 5) is 4.16. The summed E-state index contributed by atoms with van der Waals surface area (Å²) in [6.45, 7) is 1.80. The summed E-state index contributed by atoms with van der Waals surface area (Å²) in [5.41, 5.74) is 0.839. The Kier molecular flexibility index (Phi) is 4.76. The minimum atomic E-state index is -4.53. The van der Waals surface area contributed by atoms with Crippen molar-refractivity contribution in [2.75, 3.05) is 0 Å². The number of aromatic nitrogens is 3. The maximum absolute atomic E-state index is 13.1. The molecule has 0 radical (unpaired) electrons. The van der Waals surface area contributed by atoms with Gasteiger partial charge in [0.1, 0.15) is 17.6 Å². The Morgan fingerprint density at radius 2 is 1.89 bits per heavy atom. The molecule has 0 amide bonds. The Bertz CT molecular complexity index is 1040. The zero-order valence-electron chi connectivity index (χ0n) is 14.1. The molecule has 0 aliphatic rings. The van der Waals surface area contributed by atoms with Gasteiger partial charge in [0.05, 0.1) is 5.56 Å². The van der Waals surface area contributed by atoms with Crippen LogP contribution in [0.1, 0.15) is 11.3 Å². The first-order valence-electron chi connectivity index (χ1n) is 7.75. The van der Waals surface area contributed by atoms with Crippen molar-refractivity contribution in [3.05, 3.63) is 65.4 Å². The first-order chi connectivity index (χ1) is 12.8. The van der Waals surface area contributed by atoms with E-state index in [2.05, 4.69) is 10.1 Å². The molecule has 3 rings (SSSR count). The van der Waals surface area contributed by atoms with Gasteiger partial charge in [0.15, 0.2) is 0 Å². The molecule has 0 aliphatic heterocycles. The third-order valence-corrected chi connectivity index (χ3v) is 3.71. The average Bonchev–Trinajstić information content (AvgIpc) is 2.63. The Morgan fingerprint density at radius 1 is 1.11 bits per heavy atom. The summed E-state index contributed by atoms with van der Waals surface area (Å²) in [7, 11) is 0. The maximum Gasteiger partial charge on any atom is 0.416 e. The van der Waals surface area contributed by atoms with E-state index in [1.165, 1.54) is 18.2 Å². The van der Waals surface area contributed by atoms with E-state index < -0.39 is 11.7 Å². The summed E-state index contributed by atoms with van der Waals surface area (Å²) >= 11 is 0. The lowest BCUT2D eigenvalue weighted by Crippen LogP contribution is -2.21. The normalized spacial score (nSPS) is 11.3. The second kappa shape index (κ2) is 7.02. The molecule has 0 aliphatic carbocycles. The van der Waals surface area contributed by atoms with Crippen molar-refractivity contribution in [1.29, 1.82) is 10.8 Å². The topological polar surface area (TPSA) is 87.6 Å². The van der Waals surface area contributed by atoms with Gasteiger partial charge in [0, 0.05) is 29.1 Å². The van der Waals surface area contributed by atoms with Gasteiger partial charge in [-0.1, -0.05) is 6.07 Å². The fourth-order valence-corrected chi connectivity index (χ4v) is 2.33. The van der Waals surface area contributed by atoms with Gasteiger partial charge in [-0.25, -0.2) is 4.68 Å². The molecule has 2 aromatic heterocycles. The van der Waals surface area contributed by atoms with Crippen molar-refractivity contribution in [3.8, 4) is 22.8 Å². The predicted molar refractivity (Wildman–Crippen MR) is 91.7 cm³/mol. The summed E-state index contributed by atoms with van der Waals surface area (Å²) in [6, 6.07) is 9.32. The summed E-state index contributed by atoms with van der Waals surface area (Å²) in [6.07, 6.45) is -2.19. The SMILES string of the molecule is Cc1ccc(-c2ccc(C(F)(F)F)cc2Oc2ccc(=N)n(C=N)n2)cn1.